The van der Waals surface area contributed by atoms with Gasteiger partial charge in [0.1, 0.15) is 12.7 Å². The number of hydrogen-bond donors (Lipinski definition) is 2. The fraction of sp³-hybridized carbons (Fsp3) is 0.375. The third-order valence-corrected chi connectivity index (χ3v) is 4.02. The van der Waals surface area contributed by atoms with Crippen LogP contribution in [0.3, 0.4) is 0 Å². The molecule has 0 spiro atoms. The highest BCUT2D eigenvalue weighted by atomic mass is 16.2. The number of likely N-dealkylation sites (tertiary alicyclic amines) is 1. The van der Waals surface area contributed by atoms with Crippen molar-refractivity contribution in [2.24, 2.45) is 0 Å². The number of benzene rings is 1. The number of nitrogens with one attached hydrogen (secondary N) is 2. The zero-order valence-corrected chi connectivity index (χ0v) is 13.3. The molecule has 24 heavy (non-hydrogen) atoms. The molecule has 1 saturated heterocycles. The molecule has 1 aliphatic heterocycles. The number of aromatic nitrogens is 3. The van der Waals surface area contributed by atoms with E-state index in [1.807, 2.05) is 27.8 Å². The minimum absolute atomic E-state index is 0.215. The molecule has 0 aliphatic carbocycles. The average molecular weight is 328 g/mol. The van der Waals surface area contributed by atoms with Crippen molar-refractivity contribution in [1.82, 2.24) is 25.0 Å². The van der Waals surface area contributed by atoms with Gasteiger partial charge in [-0.25, -0.2) is 14.5 Å². The van der Waals surface area contributed by atoms with Gasteiger partial charge in [0.15, 0.2) is 0 Å². The first-order chi connectivity index (χ1) is 11.7. The number of nitrogens with zero attached hydrogens (tertiary/aromatic N) is 4. The molecule has 0 atom stereocenters. The number of hydrogen-bond acceptors (Lipinski definition) is 5. The first-order valence-corrected chi connectivity index (χ1v) is 7.93. The van der Waals surface area contributed by atoms with Gasteiger partial charge in [0, 0.05) is 18.8 Å². The van der Waals surface area contributed by atoms with E-state index in [9.17, 15) is 9.59 Å². The van der Waals surface area contributed by atoms with Crippen molar-refractivity contribution in [1.29, 1.82) is 0 Å². The van der Waals surface area contributed by atoms with Crippen molar-refractivity contribution in [2.45, 2.75) is 18.9 Å². The molecule has 1 aliphatic rings. The van der Waals surface area contributed by atoms with Crippen LogP contribution >= 0.6 is 0 Å². The Kier molecular flexibility index (Phi) is 5.17. The molecule has 3 amide bonds. The summed E-state index contributed by atoms with van der Waals surface area (Å²) in [5.74, 6) is -0.303. The Morgan fingerprint density at radius 3 is 2.58 bits per heavy atom. The first kappa shape index (κ1) is 16.1. The average Bonchev–Trinajstić information content (AvgIpc) is 3.10. The summed E-state index contributed by atoms with van der Waals surface area (Å²) in [4.78, 5) is 29.8. The molecule has 126 valence electrons. The summed E-state index contributed by atoms with van der Waals surface area (Å²) < 4.78 is 1.87. The number of piperidine rings is 1. The van der Waals surface area contributed by atoms with Crippen molar-refractivity contribution in [3.05, 3.63) is 43.0 Å². The van der Waals surface area contributed by atoms with Gasteiger partial charge in [-0.1, -0.05) is 18.2 Å². The molecule has 3 rings (SSSR count). The van der Waals surface area contributed by atoms with E-state index in [-0.39, 0.29) is 12.5 Å². The standard InChI is InChI=1S/C16H20N6O2/c23-15(20-16(24)19-13-4-2-1-3-5-13)10-21-8-6-14(7-9-21)22-12-17-11-18-22/h1-5,11-12,14H,6-10H2,(H2,19,20,23,24). The lowest BCUT2D eigenvalue weighted by molar-refractivity contribution is -0.121. The summed E-state index contributed by atoms with van der Waals surface area (Å²) in [6.07, 6.45) is 5.08. The Morgan fingerprint density at radius 2 is 1.92 bits per heavy atom. The first-order valence-electron chi connectivity index (χ1n) is 7.93. The van der Waals surface area contributed by atoms with Crippen molar-refractivity contribution in [2.75, 3.05) is 25.0 Å². The maximum atomic E-state index is 12.0. The van der Waals surface area contributed by atoms with Crippen molar-refractivity contribution in [3.8, 4) is 0 Å². The molecular weight excluding hydrogens is 308 g/mol. The molecule has 2 heterocycles. The second-order valence-corrected chi connectivity index (χ2v) is 5.75. The quantitative estimate of drug-likeness (QED) is 0.881. The van der Waals surface area contributed by atoms with E-state index in [1.54, 1.807) is 18.5 Å². The molecule has 0 radical (unpaired) electrons. The van der Waals surface area contributed by atoms with Crippen LogP contribution in [0, 0.1) is 0 Å². The molecule has 2 aromatic rings. The van der Waals surface area contributed by atoms with Crippen molar-refractivity contribution in [3.63, 3.8) is 0 Å². The fourth-order valence-electron chi connectivity index (χ4n) is 2.80. The van der Waals surface area contributed by atoms with E-state index in [0.717, 1.165) is 25.9 Å². The molecule has 0 saturated carbocycles. The molecule has 8 heteroatoms. The zero-order chi connectivity index (χ0) is 16.8. The van der Waals surface area contributed by atoms with E-state index in [1.165, 1.54) is 6.33 Å². The van der Waals surface area contributed by atoms with E-state index in [2.05, 4.69) is 20.7 Å². The SMILES string of the molecule is O=C(CN1CCC(n2cncn2)CC1)NC(=O)Nc1ccccc1. The summed E-state index contributed by atoms with van der Waals surface area (Å²) in [7, 11) is 0. The van der Waals surface area contributed by atoms with Gasteiger partial charge in [0.05, 0.1) is 12.6 Å². The monoisotopic (exact) mass is 328 g/mol. The maximum Gasteiger partial charge on any atom is 0.325 e. The highest BCUT2D eigenvalue weighted by molar-refractivity contribution is 6.01. The van der Waals surface area contributed by atoms with Crippen LogP contribution in [-0.2, 0) is 4.79 Å². The summed E-state index contributed by atoms with van der Waals surface area (Å²) in [5.41, 5.74) is 0.649. The summed E-state index contributed by atoms with van der Waals surface area (Å²) in [6.45, 7) is 1.79. The van der Waals surface area contributed by atoms with Crippen LogP contribution in [0.4, 0.5) is 10.5 Å². The topological polar surface area (TPSA) is 92.2 Å². The van der Waals surface area contributed by atoms with Crippen LogP contribution in [0.2, 0.25) is 0 Å². The van der Waals surface area contributed by atoms with Crippen LogP contribution in [-0.4, -0.2) is 51.2 Å². The van der Waals surface area contributed by atoms with Gasteiger partial charge < -0.3 is 5.32 Å². The van der Waals surface area contributed by atoms with E-state index < -0.39 is 6.03 Å². The largest absolute Gasteiger partial charge is 0.325 e. The van der Waals surface area contributed by atoms with Crippen LogP contribution in [0.25, 0.3) is 0 Å². The molecule has 1 aromatic carbocycles. The Labute approximate surface area is 139 Å². The van der Waals surface area contributed by atoms with Crippen LogP contribution in [0.15, 0.2) is 43.0 Å². The number of urea groups is 1. The number of carbonyl (C=O) groups excluding carboxylic acids is 2. The Hall–Kier alpha value is -2.74. The molecule has 0 unspecified atom stereocenters. The predicted octanol–water partition coefficient (Wildman–Crippen LogP) is 1.26. The highest BCUT2D eigenvalue weighted by Crippen LogP contribution is 2.20. The lowest BCUT2D eigenvalue weighted by Gasteiger charge is -2.31. The minimum Gasteiger partial charge on any atom is -0.308 e. The fourth-order valence-corrected chi connectivity index (χ4v) is 2.80. The van der Waals surface area contributed by atoms with Gasteiger partial charge >= 0.3 is 6.03 Å². The lowest BCUT2D eigenvalue weighted by Crippen LogP contribution is -2.44. The molecule has 1 aromatic heterocycles. The molecular formula is C16H20N6O2. The highest BCUT2D eigenvalue weighted by Gasteiger charge is 2.22. The van der Waals surface area contributed by atoms with Crippen molar-refractivity contribution < 1.29 is 9.59 Å². The number of carbonyl (C=O) groups is 2. The zero-order valence-electron chi connectivity index (χ0n) is 13.3. The van der Waals surface area contributed by atoms with E-state index in [4.69, 9.17) is 0 Å². The Bertz CT molecular complexity index is 665. The molecule has 0 bridgehead atoms. The van der Waals surface area contributed by atoms with Crippen LogP contribution in [0.5, 0.6) is 0 Å². The maximum absolute atomic E-state index is 12.0. The minimum atomic E-state index is -0.510. The van der Waals surface area contributed by atoms with E-state index >= 15 is 0 Å². The Morgan fingerprint density at radius 1 is 1.17 bits per heavy atom. The third-order valence-electron chi connectivity index (χ3n) is 4.02. The number of imide groups is 1. The van der Waals surface area contributed by atoms with Gasteiger partial charge in [-0.2, -0.15) is 5.10 Å². The second kappa shape index (κ2) is 7.69. The van der Waals surface area contributed by atoms with E-state index in [0.29, 0.717) is 11.7 Å². The summed E-state index contributed by atoms with van der Waals surface area (Å²) in [6, 6.07) is 8.83. The molecule has 1 fully saturated rings. The third kappa shape index (κ3) is 4.39. The van der Waals surface area contributed by atoms with Crippen LogP contribution in [0.1, 0.15) is 18.9 Å². The smallest absolute Gasteiger partial charge is 0.308 e. The summed E-state index contributed by atoms with van der Waals surface area (Å²) in [5, 5.41) is 9.14. The van der Waals surface area contributed by atoms with Gasteiger partial charge in [0.25, 0.3) is 0 Å². The number of para-hydroxylation sites is 1. The van der Waals surface area contributed by atoms with Gasteiger partial charge in [-0.3, -0.25) is 15.0 Å². The van der Waals surface area contributed by atoms with Gasteiger partial charge in [0.2, 0.25) is 5.91 Å². The Balaban J connectivity index is 1.40. The second-order valence-electron chi connectivity index (χ2n) is 5.75. The molecule has 2 N–H and O–H groups in total. The van der Waals surface area contributed by atoms with Gasteiger partial charge in [-0.05, 0) is 25.0 Å². The number of amides is 3. The molecule has 8 nitrogen and oxygen atoms in total. The van der Waals surface area contributed by atoms with Crippen LogP contribution < -0.4 is 10.6 Å². The number of rotatable bonds is 4. The predicted molar refractivity (Wildman–Crippen MR) is 88.3 cm³/mol. The van der Waals surface area contributed by atoms with Gasteiger partial charge in [-0.15, -0.1) is 0 Å². The van der Waals surface area contributed by atoms with Crippen molar-refractivity contribution >= 4 is 17.6 Å². The normalized spacial score (nSPS) is 15.8. The summed E-state index contributed by atoms with van der Waals surface area (Å²) >= 11 is 0. The lowest BCUT2D eigenvalue weighted by atomic mass is 10.1. The number of anilines is 1.